The molecule has 0 aliphatic carbocycles. The van der Waals surface area contributed by atoms with Crippen LogP contribution >= 0.6 is 23.2 Å². The van der Waals surface area contributed by atoms with Gasteiger partial charge in [0.2, 0.25) is 0 Å². The molecule has 0 N–H and O–H groups in total. The van der Waals surface area contributed by atoms with Crippen LogP contribution in [0.4, 0.5) is 14.9 Å². The number of nitrogens with zero attached hydrogens (tertiary/aromatic N) is 1. The third-order valence-corrected chi connectivity index (χ3v) is 4.23. The maximum Gasteiger partial charge on any atom is 0.422 e. The summed E-state index contributed by atoms with van der Waals surface area (Å²) in [6.45, 7) is 5.09. The minimum Gasteiger partial charge on any atom is -0.443 e. The first-order valence-electron chi connectivity index (χ1n) is 8.11. The number of hydrogen-bond donors (Lipinski definition) is 0. The monoisotopic (exact) mass is 407 g/mol. The quantitative estimate of drug-likeness (QED) is 0.548. The standard InChI is InChI=1S/C20H16Cl2FNO3/c1-20(2,3)27-19(26)24-17-10-13(22)4-6-14(17)15(18(24)25)9-11-8-12(21)5-7-16(11)23/h4-10H,1-3H3/b15-9+. The fraction of sp³-hybridized carbons (Fsp3) is 0.200. The second-order valence-corrected chi connectivity index (χ2v) is 7.88. The first-order valence-corrected chi connectivity index (χ1v) is 8.86. The number of carbonyl (C=O) groups excluding carboxylic acids is 2. The summed E-state index contributed by atoms with van der Waals surface area (Å²) in [5, 5.41) is 0.680. The smallest absolute Gasteiger partial charge is 0.422 e. The molecule has 0 atom stereocenters. The number of imide groups is 1. The molecule has 1 aliphatic heterocycles. The highest BCUT2D eigenvalue weighted by Gasteiger charge is 2.39. The molecule has 0 unspecified atom stereocenters. The minimum absolute atomic E-state index is 0.137. The topological polar surface area (TPSA) is 46.6 Å². The second-order valence-electron chi connectivity index (χ2n) is 7.01. The number of rotatable bonds is 1. The van der Waals surface area contributed by atoms with Crippen LogP contribution in [0.5, 0.6) is 0 Å². The van der Waals surface area contributed by atoms with Gasteiger partial charge in [-0.05, 0) is 57.2 Å². The number of anilines is 1. The van der Waals surface area contributed by atoms with Crippen LogP contribution in [0, 0.1) is 5.82 Å². The van der Waals surface area contributed by atoms with Crippen LogP contribution in [0.3, 0.4) is 0 Å². The van der Waals surface area contributed by atoms with Gasteiger partial charge in [-0.3, -0.25) is 4.79 Å². The van der Waals surface area contributed by atoms with Gasteiger partial charge >= 0.3 is 6.09 Å². The van der Waals surface area contributed by atoms with E-state index >= 15 is 0 Å². The fourth-order valence-corrected chi connectivity index (χ4v) is 3.02. The number of carbonyl (C=O) groups is 2. The van der Waals surface area contributed by atoms with Crippen LogP contribution in [-0.2, 0) is 9.53 Å². The summed E-state index contributed by atoms with van der Waals surface area (Å²) >= 11 is 12.0. The average Bonchev–Trinajstić information content (AvgIpc) is 2.80. The Bertz CT molecular complexity index is 980. The van der Waals surface area contributed by atoms with Crippen molar-refractivity contribution in [2.45, 2.75) is 26.4 Å². The Balaban J connectivity index is 2.13. The van der Waals surface area contributed by atoms with Gasteiger partial charge in [0.05, 0.1) is 11.3 Å². The van der Waals surface area contributed by atoms with E-state index in [0.29, 0.717) is 15.6 Å². The van der Waals surface area contributed by atoms with Crippen LogP contribution in [0.2, 0.25) is 10.0 Å². The molecule has 0 fully saturated rings. The Morgan fingerprint density at radius 3 is 2.41 bits per heavy atom. The lowest BCUT2D eigenvalue weighted by atomic mass is 10.0. The summed E-state index contributed by atoms with van der Waals surface area (Å²) in [4.78, 5) is 26.4. The van der Waals surface area contributed by atoms with Crippen LogP contribution in [0.25, 0.3) is 11.6 Å². The zero-order valence-electron chi connectivity index (χ0n) is 14.8. The number of benzene rings is 2. The lowest BCUT2D eigenvalue weighted by Crippen LogP contribution is -2.38. The number of amides is 2. The fourth-order valence-electron chi connectivity index (χ4n) is 2.67. The highest BCUT2D eigenvalue weighted by molar-refractivity contribution is 6.42. The van der Waals surface area contributed by atoms with Crippen molar-refractivity contribution in [2.75, 3.05) is 4.90 Å². The first-order chi connectivity index (χ1) is 12.6. The molecule has 0 bridgehead atoms. The summed E-state index contributed by atoms with van der Waals surface area (Å²) < 4.78 is 19.5. The van der Waals surface area contributed by atoms with E-state index in [1.807, 2.05) is 0 Å². The molecule has 0 saturated carbocycles. The van der Waals surface area contributed by atoms with Gasteiger partial charge in [-0.1, -0.05) is 29.3 Å². The van der Waals surface area contributed by atoms with Crippen molar-refractivity contribution in [1.29, 1.82) is 0 Å². The van der Waals surface area contributed by atoms with Crippen LogP contribution in [-0.4, -0.2) is 17.6 Å². The Morgan fingerprint density at radius 1 is 1.11 bits per heavy atom. The van der Waals surface area contributed by atoms with Gasteiger partial charge in [0.1, 0.15) is 11.4 Å². The zero-order chi connectivity index (χ0) is 19.9. The summed E-state index contributed by atoms with van der Waals surface area (Å²) in [5.74, 6) is -1.16. The van der Waals surface area contributed by atoms with Gasteiger partial charge in [0.25, 0.3) is 5.91 Å². The molecule has 1 heterocycles. The lowest BCUT2D eigenvalue weighted by Gasteiger charge is -2.23. The van der Waals surface area contributed by atoms with Crippen molar-refractivity contribution < 1.29 is 18.7 Å². The second kappa shape index (κ2) is 6.98. The van der Waals surface area contributed by atoms with Crippen molar-refractivity contribution >= 4 is 52.5 Å². The molecule has 27 heavy (non-hydrogen) atoms. The number of fused-ring (bicyclic) bond motifs is 1. The minimum atomic E-state index is -0.828. The summed E-state index contributed by atoms with van der Waals surface area (Å²) in [7, 11) is 0. The molecule has 3 rings (SSSR count). The lowest BCUT2D eigenvalue weighted by molar-refractivity contribution is -0.112. The SMILES string of the molecule is CC(C)(C)OC(=O)N1C(=O)/C(=C/c2cc(Cl)ccc2F)c2ccc(Cl)cc21. The zero-order valence-corrected chi connectivity index (χ0v) is 16.4. The van der Waals surface area contributed by atoms with Crippen LogP contribution < -0.4 is 4.90 Å². The van der Waals surface area contributed by atoms with Crippen LogP contribution in [0.15, 0.2) is 36.4 Å². The molecule has 140 valence electrons. The molecular formula is C20H16Cl2FNO3. The Labute approximate surface area is 166 Å². The predicted molar refractivity (Wildman–Crippen MR) is 104 cm³/mol. The van der Waals surface area contributed by atoms with Gasteiger partial charge in [-0.2, -0.15) is 0 Å². The molecule has 4 nitrogen and oxygen atoms in total. The Morgan fingerprint density at radius 2 is 1.74 bits per heavy atom. The first kappa shape index (κ1) is 19.4. The molecule has 0 saturated heterocycles. The summed E-state index contributed by atoms with van der Waals surface area (Å²) in [5.41, 5.74) is 0.235. The maximum atomic E-state index is 14.1. The van der Waals surface area contributed by atoms with Gasteiger partial charge in [0, 0.05) is 21.2 Å². The van der Waals surface area contributed by atoms with Crippen molar-refractivity contribution in [3.8, 4) is 0 Å². The van der Waals surface area contributed by atoms with E-state index in [1.165, 1.54) is 30.3 Å². The van der Waals surface area contributed by atoms with E-state index in [0.717, 1.165) is 4.90 Å². The van der Waals surface area contributed by atoms with E-state index in [2.05, 4.69) is 0 Å². The van der Waals surface area contributed by atoms with E-state index in [-0.39, 0.29) is 16.8 Å². The van der Waals surface area contributed by atoms with Gasteiger partial charge in [0.15, 0.2) is 0 Å². The predicted octanol–water partition coefficient (Wildman–Crippen LogP) is 5.95. The number of ether oxygens (including phenoxy) is 1. The Hall–Kier alpha value is -2.37. The molecule has 2 aromatic carbocycles. The molecule has 2 amide bonds. The number of hydrogen-bond acceptors (Lipinski definition) is 3. The van der Waals surface area contributed by atoms with Gasteiger partial charge in [-0.15, -0.1) is 0 Å². The summed E-state index contributed by atoms with van der Waals surface area (Å²) in [6, 6.07) is 8.72. The van der Waals surface area contributed by atoms with Crippen molar-refractivity contribution in [3.05, 3.63) is 63.4 Å². The van der Waals surface area contributed by atoms with E-state index in [4.69, 9.17) is 27.9 Å². The van der Waals surface area contributed by atoms with Crippen molar-refractivity contribution in [1.82, 2.24) is 0 Å². The molecule has 0 spiro atoms. The number of halogens is 3. The van der Waals surface area contributed by atoms with Gasteiger partial charge < -0.3 is 4.74 Å². The largest absolute Gasteiger partial charge is 0.443 e. The highest BCUT2D eigenvalue weighted by atomic mass is 35.5. The molecule has 7 heteroatoms. The maximum absolute atomic E-state index is 14.1. The van der Waals surface area contributed by atoms with Crippen LogP contribution in [0.1, 0.15) is 31.9 Å². The van der Waals surface area contributed by atoms with E-state index < -0.39 is 23.4 Å². The molecule has 0 radical (unpaired) electrons. The Kier molecular flexibility index (Phi) is 5.02. The normalized spacial score (nSPS) is 15.3. The molecular weight excluding hydrogens is 392 g/mol. The third kappa shape index (κ3) is 3.99. The summed E-state index contributed by atoms with van der Waals surface area (Å²) in [6.07, 6.45) is 0.534. The van der Waals surface area contributed by atoms with Crippen molar-refractivity contribution in [2.24, 2.45) is 0 Å². The van der Waals surface area contributed by atoms with E-state index in [1.54, 1.807) is 32.9 Å². The average molecular weight is 408 g/mol. The molecule has 1 aliphatic rings. The highest BCUT2D eigenvalue weighted by Crippen LogP contribution is 2.40. The molecule has 0 aromatic heterocycles. The van der Waals surface area contributed by atoms with Gasteiger partial charge in [-0.25, -0.2) is 14.1 Å². The third-order valence-electron chi connectivity index (χ3n) is 3.76. The van der Waals surface area contributed by atoms with Crippen molar-refractivity contribution in [3.63, 3.8) is 0 Å². The van der Waals surface area contributed by atoms with E-state index in [9.17, 15) is 14.0 Å². The molecule has 2 aromatic rings.